The first-order chi connectivity index (χ1) is 8.04. The molecular formula is C9H12N4O3S. The van der Waals surface area contributed by atoms with Crippen LogP contribution in [0.3, 0.4) is 0 Å². The van der Waals surface area contributed by atoms with E-state index in [0.29, 0.717) is 0 Å². The SMILES string of the molecule is CCOC(=O)c1cnc(SCC(N)=O)nc1N. The number of esters is 1. The minimum absolute atomic E-state index is 0.0189. The minimum atomic E-state index is -0.573. The van der Waals surface area contributed by atoms with Crippen LogP contribution in [0, 0.1) is 0 Å². The fourth-order valence-electron chi connectivity index (χ4n) is 0.949. The van der Waals surface area contributed by atoms with Crippen LogP contribution in [0.5, 0.6) is 0 Å². The van der Waals surface area contributed by atoms with Gasteiger partial charge in [0.1, 0.15) is 11.4 Å². The van der Waals surface area contributed by atoms with E-state index in [9.17, 15) is 9.59 Å². The van der Waals surface area contributed by atoms with Crippen molar-refractivity contribution in [3.8, 4) is 0 Å². The van der Waals surface area contributed by atoms with Gasteiger partial charge in [-0.3, -0.25) is 4.79 Å². The Morgan fingerprint density at radius 2 is 2.24 bits per heavy atom. The molecule has 0 radical (unpaired) electrons. The van der Waals surface area contributed by atoms with Crippen molar-refractivity contribution in [1.29, 1.82) is 0 Å². The Balaban J connectivity index is 2.79. The van der Waals surface area contributed by atoms with Crippen LogP contribution in [0.4, 0.5) is 5.82 Å². The zero-order valence-electron chi connectivity index (χ0n) is 9.17. The first-order valence-corrected chi connectivity index (χ1v) is 5.74. The molecule has 0 aliphatic carbocycles. The van der Waals surface area contributed by atoms with Gasteiger partial charge >= 0.3 is 5.97 Å². The monoisotopic (exact) mass is 256 g/mol. The molecule has 0 atom stereocenters. The Bertz CT molecular complexity index is 438. The van der Waals surface area contributed by atoms with Crippen molar-refractivity contribution in [2.75, 3.05) is 18.1 Å². The molecular weight excluding hydrogens is 244 g/mol. The molecule has 0 fully saturated rings. The Morgan fingerprint density at radius 1 is 1.53 bits per heavy atom. The summed E-state index contributed by atoms with van der Waals surface area (Å²) in [5, 5.41) is 0.286. The molecule has 0 unspecified atom stereocenters. The van der Waals surface area contributed by atoms with Gasteiger partial charge in [-0.05, 0) is 6.92 Å². The zero-order valence-corrected chi connectivity index (χ0v) is 9.99. The molecule has 17 heavy (non-hydrogen) atoms. The highest BCUT2D eigenvalue weighted by Crippen LogP contribution is 2.16. The lowest BCUT2D eigenvalue weighted by Crippen LogP contribution is -2.14. The highest BCUT2D eigenvalue weighted by Gasteiger charge is 2.13. The Morgan fingerprint density at radius 3 is 2.76 bits per heavy atom. The second kappa shape index (κ2) is 6.04. The number of nitrogens with two attached hydrogens (primary N) is 2. The van der Waals surface area contributed by atoms with E-state index >= 15 is 0 Å². The van der Waals surface area contributed by atoms with Gasteiger partial charge in [-0.1, -0.05) is 11.8 Å². The van der Waals surface area contributed by atoms with Gasteiger partial charge in [0.05, 0.1) is 12.4 Å². The molecule has 0 aromatic carbocycles. The van der Waals surface area contributed by atoms with Gasteiger partial charge in [0.25, 0.3) is 0 Å². The van der Waals surface area contributed by atoms with Gasteiger partial charge in [-0.2, -0.15) is 0 Å². The minimum Gasteiger partial charge on any atom is -0.462 e. The Kier molecular flexibility index (Phi) is 4.70. The number of ether oxygens (including phenoxy) is 1. The summed E-state index contributed by atoms with van der Waals surface area (Å²) in [7, 11) is 0. The second-order valence-corrected chi connectivity index (χ2v) is 3.87. The number of carbonyl (C=O) groups excluding carboxylic acids is 2. The van der Waals surface area contributed by atoms with Crippen LogP contribution in [0.1, 0.15) is 17.3 Å². The molecule has 7 nitrogen and oxygen atoms in total. The van der Waals surface area contributed by atoms with E-state index in [0.717, 1.165) is 11.8 Å². The summed E-state index contributed by atoms with van der Waals surface area (Å²) < 4.78 is 4.77. The molecule has 92 valence electrons. The molecule has 8 heteroatoms. The quantitative estimate of drug-likeness (QED) is 0.425. The first kappa shape index (κ1) is 13.2. The third-order valence-corrected chi connectivity index (χ3v) is 2.52. The highest BCUT2D eigenvalue weighted by atomic mass is 32.2. The summed E-state index contributed by atoms with van der Waals surface area (Å²) in [6, 6.07) is 0. The number of rotatable bonds is 5. The van der Waals surface area contributed by atoms with Crippen molar-refractivity contribution in [3.63, 3.8) is 0 Å². The van der Waals surface area contributed by atoms with Gasteiger partial charge in [-0.15, -0.1) is 0 Å². The van der Waals surface area contributed by atoms with Crippen molar-refractivity contribution in [1.82, 2.24) is 9.97 Å². The molecule has 1 amide bonds. The molecule has 1 rings (SSSR count). The average Bonchev–Trinajstić information content (AvgIpc) is 2.26. The normalized spacial score (nSPS) is 9.94. The lowest BCUT2D eigenvalue weighted by Gasteiger charge is -2.05. The highest BCUT2D eigenvalue weighted by molar-refractivity contribution is 7.99. The maximum absolute atomic E-state index is 11.4. The van der Waals surface area contributed by atoms with Crippen molar-refractivity contribution in [2.45, 2.75) is 12.1 Å². The third kappa shape index (κ3) is 3.91. The van der Waals surface area contributed by atoms with Gasteiger partial charge in [0.2, 0.25) is 5.91 Å². The number of aromatic nitrogens is 2. The summed E-state index contributed by atoms with van der Waals surface area (Å²) in [5.41, 5.74) is 10.7. The van der Waals surface area contributed by atoms with Gasteiger partial charge < -0.3 is 16.2 Å². The van der Waals surface area contributed by atoms with Gasteiger partial charge in [0, 0.05) is 6.20 Å². The number of primary amides is 1. The molecule has 4 N–H and O–H groups in total. The molecule has 0 saturated carbocycles. The fraction of sp³-hybridized carbons (Fsp3) is 0.333. The number of thioether (sulfide) groups is 1. The number of hydrogen-bond donors (Lipinski definition) is 2. The summed E-state index contributed by atoms with van der Waals surface area (Å²) in [4.78, 5) is 29.7. The van der Waals surface area contributed by atoms with Crippen LogP contribution in [-0.2, 0) is 9.53 Å². The van der Waals surface area contributed by atoms with Crippen molar-refractivity contribution >= 4 is 29.5 Å². The summed E-state index contributed by atoms with van der Waals surface area (Å²) in [5.74, 6) is -0.980. The Labute approximate surface area is 102 Å². The van der Waals surface area contributed by atoms with Crippen molar-refractivity contribution in [2.24, 2.45) is 5.73 Å². The van der Waals surface area contributed by atoms with E-state index in [1.165, 1.54) is 6.20 Å². The number of nitrogen functional groups attached to an aromatic ring is 1. The third-order valence-electron chi connectivity index (χ3n) is 1.64. The van der Waals surface area contributed by atoms with E-state index in [4.69, 9.17) is 16.2 Å². The fourth-order valence-corrected chi connectivity index (χ4v) is 1.51. The smallest absolute Gasteiger partial charge is 0.343 e. The number of anilines is 1. The molecule has 0 bridgehead atoms. The van der Waals surface area contributed by atoms with E-state index in [2.05, 4.69) is 9.97 Å². The zero-order chi connectivity index (χ0) is 12.8. The predicted octanol–water partition coefficient (Wildman–Crippen LogP) is -0.187. The van der Waals surface area contributed by atoms with Crippen molar-refractivity contribution < 1.29 is 14.3 Å². The predicted molar refractivity (Wildman–Crippen MR) is 62.3 cm³/mol. The van der Waals surface area contributed by atoms with E-state index in [-0.39, 0.29) is 28.9 Å². The topological polar surface area (TPSA) is 121 Å². The molecule has 1 aromatic heterocycles. The van der Waals surface area contributed by atoms with Crippen LogP contribution in [0.15, 0.2) is 11.4 Å². The summed E-state index contributed by atoms with van der Waals surface area (Å²) in [6.45, 7) is 1.93. The van der Waals surface area contributed by atoms with Crippen LogP contribution >= 0.6 is 11.8 Å². The van der Waals surface area contributed by atoms with E-state index in [1.807, 2.05) is 0 Å². The first-order valence-electron chi connectivity index (χ1n) is 4.75. The molecule has 1 aromatic rings. The lowest BCUT2D eigenvalue weighted by atomic mass is 10.3. The summed E-state index contributed by atoms with van der Waals surface area (Å²) >= 11 is 1.05. The van der Waals surface area contributed by atoms with Crippen LogP contribution in [0.2, 0.25) is 0 Å². The number of carbonyl (C=O) groups is 2. The number of amides is 1. The largest absolute Gasteiger partial charge is 0.462 e. The second-order valence-electron chi connectivity index (χ2n) is 2.93. The van der Waals surface area contributed by atoms with Crippen LogP contribution in [-0.4, -0.2) is 34.2 Å². The lowest BCUT2D eigenvalue weighted by molar-refractivity contribution is -0.115. The van der Waals surface area contributed by atoms with Crippen LogP contribution in [0.25, 0.3) is 0 Å². The van der Waals surface area contributed by atoms with Crippen LogP contribution < -0.4 is 11.5 Å². The average molecular weight is 256 g/mol. The standard InChI is InChI=1S/C9H12N4O3S/c1-2-16-8(15)5-3-12-9(13-7(5)11)17-4-6(10)14/h3H,2,4H2,1H3,(H2,10,14)(H2,11,12,13). The molecule has 0 aliphatic heterocycles. The van der Waals surface area contributed by atoms with E-state index in [1.54, 1.807) is 6.92 Å². The Hall–Kier alpha value is -1.83. The maximum Gasteiger partial charge on any atom is 0.343 e. The van der Waals surface area contributed by atoms with E-state index < -0.39 is 11.9 Å². The molecule has 1 heterocycles. The van der Waals surface area contributed by atoms with Crippen molar-refractivity contribution in [3.05, 3.63) is 11.8 Å². The maximum atomic E-state index is 11.4. The molecule has 0 spiro atoms. The molecule has 0 saturated heterocycles. The number of nitrogens with zero attached hydrogens (tertiary/aromatic N) is 2. The molecule has 0 aliphatic rings. The number of hydrogen-bond acceptors (Lipinski definition) is 7. The van der Waals surface area contributed by atoms with Gasteiger partial charge in [0.15, 0.2) is 5.16 Å². The van der Waals surface area contributed by atoms with Gasteiger partial charge in [-0.25, -0.2) is 14.8 Å². The summed E-state index contributed by atoms with van der Waals surface area (Å²) in [6.07, 6.45) is 1.27.